The second-order valence-electron chi connectivity index (χ2n) is 4.59. The van der Waals surface area contributed by atoms with Crippen LogP contribution in [0.15, 0.2) is 36.4 Å². The lowest BCUT2D eigenvalue weighted by atomic mass is 10.2. The molecule has 0 aliphatic carbocycles. The van der Waals surface area contributed by atoms with Crippen molar-refractivity contribution in [2.45, 2.75) is 12.8 Å². The first-order valence-corrected chi connectivity index (χ1v) is 6.63. The van der Waals surface area contributed by atoms with Crippen molar-refractivity contribution in [3.05, 3.63) is 59.4 Å². The van der Waals surface area contributed by atoms with Gasteiger partial charge in [-0.25, -0.2) is 13.8 Å². The minimum absolute atomic E-state index is 0.115. The number of hydrogen-bond acceptors (Lipinski definition) is 1. The highest BCUT2D eigenvalue weighted by Gasteiger charge is 2.16. The number of aryl methyl sites for hydroxylation is 1. The van der Waals surface area contributed by atoms with Crippen molar-refractivity contribution in [1.29, 1.82) is 0 Å². The van der Waals surface area contributed by atoms with Crippen molar-refractivity contribution in [3.63, 3.8) is 0 Å². The van der Waals surface area contributed by atoms with Crippen LogP contribution in [-0.2, 0) is 5.88 Å². The average Bonchev–Trinajstić information content (AvgIpc) is 2.78. The van der Waals surface area contributed by atoms with Crippen LogP contribution in [0.5, 0.6) is 0 Å². The van der Waals surface area contributed by atoms with E-state index in [-0.39, 0.29) is 11.4 Å². The molecule has 2 nitrogen and oxygen atoms in total. The van der Waals surface area contributed by atoms with E-state index in [0.29, 0.717) is 11.3 Å². The van der Waals surface area contributed by atoms with E-state index < -0.39 is 11.6 Å². The molecule has 0 spiro atoms. The standard InChI is InChI=1S/C15H11ClF2N2/c1-9-2-4-11(5-3-9)20-13-7-10(17)6-12(18)15(13)19-14(20)8-16/h2-7H,8H2,1H3. The van der Waals surface area contributed by atoms with Crippen LogP contribution >= 0.6 is 11.6 Å². The smallest absolute Gasteiger partial charge is 0.153 e. The maximum absolute atomic E-state index is 13.8. The van der Waals surface area contributed by atoms with Gasteiger partial charge in [-0.1, -0.05) is 17.7 Å². The Kier molecular flexibility index (Phi) is 3.18. The number of rotatable bonds is 2. The number of aromatic nitrogens is 2. The zero-order chi connectivity index (χ0) is 14.3. The first kappa shape index (κ1) is 13.1. The molecule has 1 aromatic heterocycles. The molecular weight excluding hydrogens is 282 g/mol. The molecule has 0 amide bonds. The lowest BCUT2D eigenvalue weighted by Gasteiger charge is -2.08. The van der Waals surface area contributed by atoms with Crippen LogP contribution in [0.4, 0.5) is 8.78 Å². The molecule has 0 saturated carbocycles. The SMILES string of the molecule is Cc1ccc(-n2c(CCl)nc3c(F)cc(F)cc32)cc1. The summed E-state index contributed by atoms with van der Waals surface area (Å²) < 4.78 is 28.9. The van der Waals surface area contributed by atoms with E-state index in [2.05, 4.69) is 4.98 Å². The lowest BCUT2D eigenvalue weighted by molar-refractivity contribution is 0.590. The quantitative estimate of drug-likeness (QED) is 0.642. The van der Waals surface area contributed by atoms with Gasteiger partial charge in [0.2, 0.25) is 0 Å². The summed E-state index contributed by atoms with van der Waals surface area (Å²) in [6.07, 6.45) is 0. The zero-order valence-corrected chi connectivity index (χ0v) is 11.5. The first-order valence-electron chi connectivity index (χ1n) is 6.09. The molecule has 3 aromatic rings. The molecule has 3 rings (SSSR count). The molecule has 0 aliphatic rings. The molecule has 0 N–H and O–H groups in total. The third kappa shape index (κ3) is 2.06. The number of alkyl halides is 1. The van der Waals surface area contributed by atoms with Gasteiger partial charge in [0.15, 0.2) is 5.82 Å². The third-order valence-corrected chi connectivity index (χ3v) is 3.40. The summed E-state index contributed by atoms with van der Waals surface area (Å²) >= 11 is 5.88. The monoisotopic (exact) mass is 292 g/mol. The second kappa shape index (κ2) is 4.87. The molecule has 0 bridgehead atoms. The maximum Gasteiger partial charge on any atom is 0.153 e. The molecule has 2 aromatic carbocycles. The molecule has 0 saturated heterocycles. The Hall–Kier alpha value is -1.94. The summed E-state index contributed by atoms with van der Waals surface area (Å²) in [4.78, 5) is 4.16. The number of benzene rings is 2. The fourth-order valence-corrected chi connectivity index (χ4v) is 2.40. The van der Waals surface area contributed by atoms with Crippen molar-refractivity contribution in [3.8, 4) is 5.69 Å². The van der Waals surface area contributed by atoms with E-state index in [1.54, 1.807) is 4.57 Å². The summed E-state index contributed by atoms with van der Waals surface area (Å²) in [5.41, 5.74) is 2.38. The summed E-state index contributed by atoms with van der Waals surface area (Å²) in [5, 5.41) is 0. The summed E-state index contributed by atoms with van der Waals surface area (Å²) in [7, 11) is 0. The number of nitrogens with zero attached hydrogens (tertiary/aromatic N) is 2. The van der Waals surface area contributed by atoms with E-state index in [9.17, 15) is 8.78 Å². The molecule has 1 heterocycles. The Morgan fingerprint density at radius 1 is 1.15 bits per heavy atom. The average molecular weight is 293 g/mol. The van der Waals surface area contributed by atoms with Gasteiger partial charge in [0.05, 0.1) is 11.4 Å². The van der Waals surface area contributed by atoms with Crippen molar-refractivity contribution >= 4 is 22.6 Å². The molecule has 0 atom stereocenters. The Labute approximate surface area is 119 Å². The molecular formula is C15H11ClF2N2. The number of halogens is 3. The Balaban J connectivity index is 2.35. The predicted molar refractivity (Wildman–Crippen MR) is 75.3 cm³/mol. The predicted octanol–water partition coefficient (Wildman–Crippen LogP) is 4.35. The number of imidazole rings is 1. The minimum atomic E-state index is -0.683. The van der Waals surface area contributed by atoms with Crippen molar-refractivity contribution < 1.29 is 8.78 Å². The van der Waals surface area contributed by atoms with Crippen LogP contribution in [0, 0.1) is 18.6 Å². The van der Waals surface area contributed by atoms with Gasteiger partial charge in [-0.15, -0.1) is 11.6 Å². The van der Waals surface area contributed by atoms with Gasteiger partial charge >= 0.3 is 0 Å². The second-order valence-corrected chi connectivity index (χ2v) is 4.86. The van der Waals surface area contributed by atoms with Crippen LogP contribution in [0.1, 0.15) is 11.4 Å². The van der Waals surface area contributed by atoms with E-state index in [0.717, 1.165) is 17.3 Å². The topological polar surface area (TPSA) is 17.8 Å². The van der Waals surface area contributed by atoms with E-state index in [4.69, 9.17) is 11.6 Å². The Bertz CT molecular complexity index is 779. The van der Waals surface area contributed by atoms with Crippen molar-refractivity contribution in [1.82, 2.24) is 9.55 Å². The van der Waals surface area contributed by atoms with Gasteiger partial charge in [-0.3, -0.25) is 4.57 Å². The highest BCUT2D eigenvalue weighted by Crippen LogP contribution is 2.25. The summed E-state index contributed by atoms with van der Waals surface area (Å²) in [6.45, 7) is 1.97. The number of fused-ring (bicyclic) bond motifs is 1. The van der Waals surface area contributed by atoms with E-state index in [1.165, 1.54) is 6.07 Å². The molecule has 20 heavy (non-hydrogen) atoms. The molecule has 0 fully saturated rings. The van der Waals surface area contributed by atoms with Gasteiger partial charge in [0.1, 0.15) is 17.2 Å². The van der Waals surface area contributed by atoms with E-state index in [1.807, 2.05) is 31.2 Å². The highest BCUT2D eigenvalue weighted by atomic mass is 35.5. The van der Waals surface area contributed by atoms with Crippen LogP contribution in [-0.4, -0.2) is 9.55 Å². The third-order valence-electron chi connectivity index (χ3n) is 3.16. The van der Waals surface area contributed by atoms with Crippen LogP contribution in [0.25, 0.3) is 16.7 Å². The van der Waals surface area contributed by atoms with Crippen molar-refractivity contribution in [2.24, 2.45) is 0 Å². The van der Waals surface area contributed by atoms with Gasteiger partial charge in [0, 0.05) is 17.8 Å². The summed E-state index contributed by atoms with van der Waals surface area (Å²) in [5.74, 6) is -0.722. The van der Waals surface area contributed by atoms with Gasteiger partial charge in [0.25, 0.3) is 0 Å². The molecule has 0 unspecified atom stereocenters. The normalized spacial score (nSPS) is 11.2. The van der Waals surface area contributed by atoms with Gasteiger partial charge < -0.3 is 0 Å². The molecule has 5 heteroatoms. The largest absolute Gasteiger partial charge is 0.295 e. The van der Waals surface area contributed by atoms with Gasteiger partial charge in [-0.2, -0.15) is 0 Å². The van der Waals surface area contributed by atoms with Crippen LogP contribution < -0.4 is 0 Å². The van der Waals surface area contributed by atoms with Crippen LogP contribution in [0.2, 0.25) is 0 Å². The Morgan fingerprint density at radius 2 is 1.85 bits per heavy atom. The summed E-state index contributed by atoms with van der Waals surface area (Å²) in [6, 6.07) is 9.68. The van der Waals surface area contributed by atoms with E-state index >= 15 is 0 Å². The Morgan fingerprint density at radius 3 is 2.50 bits per heavy atom. The minimum Gasteiger partial charge on any atom is -0.295 e. The highest BCUT2D eigenvalue weighted by molar-refractivity contribution is 6.17. The van der Waals surface area contributed by atoms with Gasteiger partial charge in [-0.05, 0) is 19.1 Å². The molecule has 0 radical (unpaired) electrons. The zero-order valence-electron chi connectivity index (χ0n) is 10.7. The maximum atomic E-state index is 13.8. The van der Waals surface area contributed by atoms with Crippen LogP contribution in [0.3, 0.4) is 0 Å². The fraction of sp³-hybridized carbons (Fsp3) is 0.133. The molecule has 102 valence electrons. The van der Waals surface area contributed by atoms with Crippen molar-refractivity contribution in [2.75, 3.05) is 0 Å². The first-order chi connectivity index (χ1) is 9.60. The fourth-order valence-electron chi connectivity index (χ4n) is 2.22. The number of hydrogen-bond donors (Lipinski definition) is 0. The molecule has 0 aliphatic heterocycles. The lowest BCUT2D eigenvalue weighted by Crippen LogP contribution is -1.99.